The number of nitrogens with zero attached hydrogens (tertiary/aromatic N) is 2. The van der Waals surface area contributed by atoms with Gasteiger partial charge in [0.05, 0.1) is 6.54 Å². The fraction of sp³-hybridized carbons (Fsp3) is 0.308. The maximum absolute atomic E-state index is 11.7. The molecule has 20 heavy (non-hydrogen) atoms. The summed E-state index contributed by atoms with van der Waals surface area (Å²) in [5, 5.41) is 9.15. The Balaban J connectivity index is 1.80. The highest BCUT2D eigenvalue weighted by Crippen LogP contribution is 2.15. The van der Waals surface area contributed by atoms with Gasteiger partial charge < -0.3 is 15.2 Å². The lowest BCUT2D eigenvalue weighted by Crippen LogP contribution is -2.35. The Hall–Kier alpha value is -1.89. The molecule has 0 aliphatic rings. The topological polar surface area (TPSA) is 80.0 Å². The molecule has 0 bridgehead atoms. The Morgan fingerprint density at radius 1 is 1.30 bits per heavy atom. The van der Waals surface area contributed by atoms with Gasteiger partial charge in [0.15, 0.2) is 5.82 Å². The van der Waals surface area contributed by atoms with Crippen molar-refractivity contribution in [3.05, 3.63) is 45.5 Å². The van der Waals surface area contributed by atoms with E-state index in [1.54, 1.807) is 6.92 Å². The van der Waals surface area contributed by atoms with E-state index in [-0.39, 0.29) is 12.6 Å². The number of benzene rings is 1. The second-order valence-corrected chi connectivity index (χ2v) is 5.25. The minimum absolute atomic E-state index is 0.239. The molecule has 1 heterocycles. The van der Waals surface area contributed by atoms with Gasteiger partial charge in [-0.1, -0.05) is 27.2 Å². The number of aryl methyl sites for hydroxylation is 2. The predicted molar refractivity (Wildman–Crippen MR) is 77.0 cm³/mol. The zero-order chi connectivity index (χ0) is 14.5. The SMILES string of the molecule is Cc1nc(CNC(=O)NCc2ccc(Br)cc2C)no1. The molecule has 1 aromatic carbocycles. The molecule has 0 spiro atoms. The maximum Gasteiger partial charge on any atom is 0.315 e. The Bertz CT molecular complexity index is 612. The predicted octanol–water partition coefficient (Wildman–Crippen LogP) is 2.45. The highest BCUT2D eigenvalue weighted by atomic mass is 79.9. The molecule has 6 nitrogen and oxygen atoms in total. The summed E-state index contributed by atoms with van der Waals surface area (Å²) < 4.78 is 5.84. The van der Waals surface area contributed by atoms with Gasteiger partial charge in [0.25, 0.3) is 0 Å². The molecule has 1 aromatic heterocycles. The number of halogens is 1. The summed E-state index contributed by atoms with van der Waals surface area (Å²) >= 11 is 3.41. The third-order valence-corrected chi connectivity index (χ3v) is 3.21. The second-order valence-electron chi connectivity index (χ2n) is 4.34. The van der Waals surface area contributed by atoms with Crippen LogP contribution in [0.25, 0.3) is 0 Å². The number of rotatable bonds is 4. The van der Waals surface area contributed by atoms with E-state index >= 15 is 0 Å². The van der Waals surface area contributed by atoms with E-state index in [4.69, 9.17) is 4.52 Å². The highest BCUT2D eigenvalue weighted by molar-refractivity contribution is 9.10. The lowest BCUT2D eigenvalue weighted by molar-refractivity contribution is 0.239. The number of hydrogen-bond donors (Lipinski definition) is 2. The average Bonchev–Trinajstić information content (AvgIpc) is 2.81. The number of hydrogen-bond acceptors (Lipinski definition) is 4. The third kappa shape index (κ3) is 4.06. The number of carbonyl (C=O) groups is 1. The zero-order valence-electron chi connectivity index (χ0n) is 11.2. The molecule has 2 amide bonds. The van der Waals surface area contributed by atoms with Crippen LogP contribution in [0.1, 0.15) is 22.8 Å². The summed E-state index contributed by atoms with van der Waals surface area (Å²) in [4.78, 5) is 15.7. The van der Waals surface area contributed by atoms with Crippen molar-refractivity contribution in [1.29, 1.82) is 0 Å². The number of aromatic nitrogens is 2. The van der Waals surface area contributed by atoms with Crippen molar-refractivity contribution in [1.82, 2.24) is 20.8 Å². The molecule has 106 valence electrons. The summed E-state index contributed by atoms with van der Waals surface area (Å²) in [7, 11) is 0. The van der Waals surface area contributed by atoms with Crippen molar-refractivity contribution < 1.29 is 9.32 Å². The smallest absolute Gasteiger partial charge is 0.315 e. The first kappa shape index (κ1) is 14.5. The molecule has 0 saturated carbocycles. The van der Waals surface area contributed by atoms with Gasteiger partial charge in [0.2, 0.25) is 5.89 Å². The molecule has 0 aliphatic carbocycles. The van der Waals surface area contributed by atoms with Crippen LogP contribution < -0.4 is 10.6 Å². The maximum atomic E-state index is 11.7. The van der Waals surface area contributed by atoms with Crippen LogP contribution in [0.2, 0.25) is 0 Å². The van der Waals surface area contributed by atoms with Gasteiger partial charge in [-0.05, 0) is 30.2 Å². The van der Waals surface area contributed by atoms with Crippen LogP contribution in [0, 0.1) is 13.8 Å². The van der Waals surface area contributed by atoms with Crippen molar-refractivity contribution in [3.8, 4) is 0 Å². The lowest BCUT2D eigenvalue weighted by atomic mass is 10.1. The van der Waals surface area contributed by atoms with E-state index < -0.39 is 0 Å². The Morgan fingerprint density at radius 2 is 2.05 bits per heavy atom. The quantitative estimate of drug-likeness (QED) is 0.897. The first-order valence-corrected chi connectivity index (χ1v) is 6.90. The normalized spacial score (nSPS) is 10.3. The summed E-state index contributed by atoms with van der Waals surface area (Å²) in [6, 6.07) is 5.67. The third-order valence-electron chi connectivity index (χ3n) is 2.72. The minimum atomic E-state index is -0.269. The molecule has 2 rings (SSSR count). The molecule has 2 N–H and O–H groups in total. The molecule has 7 heteroatoms. The van der Waals surface area contributed by atoms with Crippen LogP contribution in [-0.4, -0.2) is 16.2 Å². The van der Waals surface area contributed by atoms with E-state index in [9.17, 15) is 4.79 Å². The summed E-state index contributed by atoms with van der Waals surface area (Å²) in [6.45, 7) is 4.41. The van der Waals surface area contributed by atoms with E-state index in [0.717, 1.165) is 15.6 Å². The van der Waals surface area contributed by atoms with Crippen LogP contribution >= 0.6 is 15.9 Å². The molecule has 0 fully saturated rings. The Labute approximate surface area is 125 Å². The van der Waals surface area contributed by atoms with Crippen LogP contribution in [0.15, 0.2) is 27.2 Å². The monoisotopic (exact) mass is 338 g/mol. The van der Waals surface area contributed by atoms with Gasteiger partial charge >= 0.3 is 6.03 Å². The van der Waals surface area contributed by atoms with Crippen LogP contribution in [-0.2, 0) is 13.1 Å². The molecule has 2 aromatic rings. The van der Waals surface area contributed by atoms with Gasteiger partial charge in [-0.15, -0.1) is 0 Å². The fourth-order valence-corrected chi connectivity index (χ4v) is 2.14. The number of amides is 2. The van der Waals surface area contributed by atoms with Gasteiger partial charge in [0.1, 0.15) is 0 Å². The number of carbonyl (C=O) groups excluding carboxylic acids is 1. The minimum Gasteiger partial charge on any atom is -0.340 e. The summed E-state index contributed by atoms with van der Waals surface area (Å²) in [5.74, 6) is 0.935. The van der Waals surface area contributed by atoms with Crippen molar-refractivity contribution in [3.63, 3.8) is 0 Å². The van der Waals surface area contributed by atoms with E-state index in [1.807, 2.05) is 25.1 Å². The fourth-order valence-electron chi connectivity index (χ4n) is 1.67. The van der Waals surface area contributed by atoms with Crippen LogP contribution in [0.4, 0.5) is 4.79 Å². The van der Waals surface area contributed by atoms with Gasteiger partial charge in [-0.2, -0.15) is 4.98 Å². The Kier molecular flexibility index (Phi) is 4.73. The van der Waals surface area contributed by atoms with E-state index in [0.29, 0.717) is 18.3 Å². The van der Waals surface area contributed by atoms with Crippen molar-refractivity contribution in [2.24, 2.45) is 0 Å². The molecule has 0 atom stereocenters. The summed E-state index contributed by atoms with van der Waals surface area (Å²) in [6.07, 6.45) is 0. The first-order chi connectivity index (χ1) is 9.54. The van der Waals surface area contributed by atoms with E-state index in [2.05, 4.69) is 36.7 Å². The van der Waals surface area contributed by atoms with Crippen molar-refractivity contribution in [2.75, 3.05) is 0 Å². The molecular weight excluding hydrogens is 324 g/mol. The standard InChI is InChI=1S/C13H15BrN4O2/c1-8-5-11(14)4-3-10(8)6-15-13(19)16-7-12-17-9(2)20-18-12/h3-5H,6-7H2,1-2H3,(H2,15,16,19). The van der Waals surface area contributed by atoms with Gasteiger partial charge in [-0.25, -0.2) is 4.79 Å². The molecule has 0 saturated heterocycles. The second kappa shape index (κ2) is 6.51. The molecular formula is C13H15BrN4O2. The lowest BCUT2D eigenvalue weighted by Gasteiger charge is -2.08. The van der Waals surface area contributed by atoms with Crippen molar-refractivity contribution in [2.45, 2.75) is 26.9 Å². The Morgan fingerprint density at radius 3 is 2.70 bits per heavy atom. The average molecular weight is 339 g/mol. The summed E-state index contributed by atoms with van der Waals surface area (Å²) in [5.41, 5.74) is 2.19. The number of urea groups is 1. The van der Waals surface area contributed by atoms with Gasteiger partial charge in [-0.3, -0.25) is 0 Å². The highest BCUT2D eigenvalue weighted by Gasteiger charge is 2.06. The van der Waals surface area contributed by atoms with E-state index in [1.165, 1.54) is 0 Å². The zero-order valence-corrected chi connectivity index (χ0v) is 12.8. The molecule has 0 radical (unpaired) electrons. The van der Waals surface area contributed by atoms with Crippen LogP contribution in [0.3, 0.4) is 0 Å². The number of nitrogens with one attached hydrogen (secondary N) is 2. The molecule has 0 unspecified atom stereocenters. The largest absolute Gasteiger partial charge is 0.340 e. The van der Waals surface area contributed by atoms with Crippen molar-refractivity contribution >= 4 is 22.0 Å². The van der Waals surface area contributed by atoms with Crippen LogP contribution in [0.5, 0.6) is 0 Å². The molecule has 0 aliphatic heterocycles. The first-order valence-electron chi connectivity index (χ1n) is 6.10. The van der Waals surface area contributed by atoms with Gasteiger partial charge in [0, 0.05) is 17.9 Å².